The highest BCUT2D eigenvalue weighted by atomic mass is 32.1. The van der Waals surface area contributed by atoms with Crippen LogP contribution in [0.5, 0.6) is 0 Å². The van der Waals surface area contributed by atoms with Crippen molar-refractivity contribution in [1.82, 2.24) is 10.7 Å². The number of thiocarbonyl (C=S) groups is 1. The molecule has 7 nitrogen and oxygen atoms in total. The molecule has 0 unspecified atom stereocenters. The van der Waals surface area contributed by atoms with Crippen molar-refractivity contribution in [3.8, 4) is 0 Å². The van der Waals surface area contributed by atoms with Crippen LogP contribution < -0.4 is 15.6 Å². The molecule has 0 aromatic heterocycles. The Hall–Kier alpha value is -2.26. The SMILES string of the molecule is COC(=O)CCCCCNC(=S)N/N=C(/C)c1ccc(N2CCOCC2)c(F)c1. The number of hydrazone groups is 1. The first kappa shape index (κ1) is 23.0. The van der Waals surface area contributed by atoms with Gasteiger partial charge in [0.2, 0.25) is 0 Å². The van der Waals surface area contributed by atoms with Gasteiger partial charge in [-0.05, 0) is 44.1 Å². The Bertz CT molecular complexity index is 724. The topological polar surface area (TPSA) is 75.2 Å². The van der Waals surface area contributed by atoms with E-state index in [0.717, 1.165) is 19.3 Å². The highest BCUT2D eigenvalue weighted by Gasteiger charge is 2.15. The molecule has 9 heteroatoms. The average Bonchev–Trinajstić information content (AvgIpc) is 2.74. The summed E-state index contributed by atoms with van der Waals surface area (Å²) in [6, 6.07) is 5.12. The molecule has 1 saturated heterocycles. The Balaban J connectivity index is 1.75. The van der Waals surface area contributed by atoms with Crippen molar-refractivity contribution in [3.63, 3.8) is 0 Å². The van der Waals surface area contributed by atoms with E-state index in [9.17, 15) is 9.18 Å². The predicted molar refractivity (Wildman–Crippen MR) is 116 cm³/mol. The van der Waals surface area contributed by atoms with Gasteiger partial charge in [0.05, 0.1) is 31.7 Å². The Morgan fingerprint density at radius 1 is 1.31 bits per heavy atom. The lowest BCUT2D eigenvalue weighted by molar-refractivity contribution is -0.140. The minimum atomic E-state index is -0.272. The van der Waals surface area contributed by atoms with Crippen LogP contribution in [0, 0.1) is 5.82 Å². The number of hydrogen-bond acceptors (Lipinski definition) is 6. The summed E-state index contributed by atoms with van der Waals surface area (Å²) in [5.41, 5.74) is 4.70. The Morgan fingerprint density at radius 2 is 2.07 bits per heavy atom. The lowest BCUT2D eigenvalue weighted by atomic mass is 10.1. The van der Waals surface area contributed by atoms with E-state index in [-0.39, 0.29) is 11.8 Å². The van der Waals surface area contributed by atoms with Crippen LogP contribution in [-0.2, 0) is 14.3 Å². The number of halogens is 1. The number of unbranched alkanes of at least 4 members (excludes halogenated alkanes) is 2. The standard InChI is InChI=1S/C20H29FN4O3S/c1-15(23-24-20(29)22-9-5-3-4-6-19(26)27-2)16-7-8-18(17(21)14-16)25-10-12-28-13-11-25/h7-8,14H,3-6,9-13H2,1-2H3,(H2,22,24,29)/b23-15-. The molecule has 1 aromatic rings. The number of carbonyl (C=O) groups excluding carboxylic acids is 1. The van der Waals surface area contributed by atoms with Gasteiger partial charge in [-0.25, -0.2) is 4.39 Å². The highest BCUT2D eigenvalue weighted by Crippen LogP contribution is 2.21. The molecule has 0 bridgehead atoms. The normalized spacial score (nSPS) is 14.4. The van der Waals surface area contributed by atoms with Gasteiger partial charge in [-0.1, -0.05) is 12.5 Å². The number of anilines is 1. The number of morpholine rings is 1. The van der Waals surface area contributed by atoms with Crippen LogP contribution in [-0.4, -0.2) is 56.8 Å². The van der Waals surface area contributed by atoms with E-state index >= 15 is 0 Å². The van der Waals surface area contributed by atoms with E-state index in [2.05, 4.69) is 20.6 Å². The third-order valence-corrected chi connectivity index (χ3v) is 4.85. The highest BCUT2D eigenvalue weighted by molar-refractivity contribution is 7.80. The summed E-state index contributed by atoms with van der Waals surface area (Å²) in [4.78, 5) is 13.0. The number of carbonyl (C=O) groups is 1. The zero-order valence-electron chi connectivity index (χ0n) is 17.0. The van der Waals surface area contributed by atoms with Crippen LogP contribution in [0.25, 0.3) is 0 Å². The van der Waals surface area contributed by atoms with Gasteiger partial charge in [0.25, 0.3) is 0 Å². The van der Waals surface area contributed by atoms with Gasteiger partial charge in [0.1, 0.15) is 5.82 Å². The molecule has 1 aromatic carbocycles. The van der Waals surface area contributed by atoms with Crippen molar-refractivity contribution < 1.29 is 18.7 Å². The van der Waals surface area contributed by atoms with Crippen LogP contribution >= 0.6 is 12.2 Å². The van der Waals surface area contributed by atoms with E-state index in [1.807, 2.05) is 11.0 Å². The predicted octanol–water partition coefficient (Wildman–Crippen LogP) is 2.58. The van der Waals surface area contributed by atoms with Crippen LogP contribution in [0.3, 0.4) is 0 Å². The first-order valence-electron chi connectivity index (χ1n) is 9.79. The van der Waals surface area contributed by atoms with Gasteiger partial charge in [-0.15, -0.1) is 0 Å². The second-order valence-corrected chi connectivity index (χ2v) is 7.13. The van der Waals surface area contributed by atoms with Gasteiger partial charge in [-0.2, -0.15) is 5.10 Å². The lowest BCUT2D eigenvalue weighted by Gasteiger charge is -2.29. The quantitative estimate of drug-likeness (QED) is 0.207. The summed E-state index contributed by atoms with van der Waals surface area (Å²) < 4.78 is 24.4. The van der Waals surface area contributed by atoms with Gasteiger partial charge in [-0.3, -0.25) is 10.2 Å². The van der Waals surface area contributed by atoms with E-state index in [1.165, 1.54) is 13.2 Å². The van der Waals surface area contributed by atoms with Gasteiger partial charge < -0.3 is 19.7 Å². The molecule has 29 heavy (non-hydrogen) atoms. The number of ether oxygens (including phenoxy) is 2. The largest absolute Gasteiger partial charge is 0.469 e. The molecule has 0 spiro atoms. The summed E-state index contributed by atoms with van der Waals surface area (Å²) in [6.07, 6.45) is 3.01. The molecule has 1 fully saturated rings. The average molecular weight is 425 g/mol. The fourth-order valence-corrected chi connectivity index (χ4v) is 3.05. The molecule has 1 heterocycles. The molecule has 160 valence electrons. The minimum absolute atomic E-state index is 0.186. The van der Waals surface area contributed by atoms with E-state index in [1.54, 1.807) is 13.0 Å². The maximum atomic E-state index is 14.5. The number of benzene rings is 1. The number of esters is 1. The van der Waals surface area contributed by atoms with Crippen molar-refractivity contribution in [1.29, 1.82) is 0 Å². The molecule has 0 radical (unpaired) electrons. The smallest absolute Gasteiger partial charge is 0.305 e. The first-order valence-corrected chi connectivity index (χ1v) is 10.2. The van der Waals surface area contributed by atoms with Crippen molar-refractivity contribution in [2.45, 2.75) is 32.6 Å². The minimum Gasteiger partial charge on any atom is -0.469 e. The van der Waals surface area contributed by atoms with E-state index in [4.69, 9.17) is 17.0 Å². The van der Waals surface area contributed by atoms with E-state index < -0.39 is 0 Å². The number of nitrogens with zero attached hydrogens (tertiary/aromatic N) is 2. The fourth-order valence-electron chi connectivity index (χ4n) is 2.91. The van der Waals surface area contributed by atoms with Gasteiger partial charge in [0, 0.05) is 31.6 Å². The summed E-state index contributed by atoms with van der Waals surface area (Å²) in [7, 11) is 1.39. The summed E-state index contributed by atoms with van der Waals surface area (Å²) in [6.45, 7) is 5.08. The molecular formula is C20H29FN4O3S. The monoisotopic (exact) mass is 424 g/mol. The molecule has 0 amide bonds. The first-order chi connectivity index (χ1) is 14.0. The van der Waals surface area contributed by atoms with E-state index in [0.29, 0.717) is 61.3 Å². The zero-order valence-corrected chi connectivity index (χ0v) is 17.8. The van der Waals surface area contributed by atoms with Crippen LogP contribution in [0.4, 0.5) is 10.1 Å². The molecule has 0 saturated carbocycles. The van der Waals surface area contributed by atoms with Crippen molar-refractivity contribution >= 4 is 34.7 Å². The number of methoxy groups -OCH3 is 1. The molecule has 0 atom stereocenters. The van der Waals surface area contributed by atoms with Crippen LogP contribution in [0.2, 0.25) is 0 Å². The summed E-state index contributed by atoms with van der Waals surface area (Å²) >= 11 is 5.20. The third-order valence-electron chi connectivity index (χ3n) is 4.61. The van der Waals surface area contributed by atoms with Gasteiger partial charge in [0.15, 0.2) is 5.11 Å². The molecule has 1 aliphatic rings. The fraction of sp³-hybridized carbons (Fsp3) is 0.550. The second-order valence-electron chi connectivity index (χ2n) is 6.72. The van der Waals surface area contributed by atoms with Crippen LogP contribution in [0.15, 0.2) is 23.3 Å². The van der Waals surface area contributed by atoms with Crippen molar-refractivity contribution in [3.05, 3.63) is 29.6 Å². The summed E-state index contributed by atoms with van der Waals surface area (Å²) in [5.74, 6) is -0.457. The Morgan fingerprint density at radius 3 is 2.76 bits per heavy atom. The maximum absolute atomic E-state index is 14.5. The summed E-state index contributed by atoms with van der Waals surface area (Å²) in [5, 5.41) is 7.69. The van der Waals surface area contributed by atoms with Crippen molar-refractivity contribution in [2.75, 3.05) is 44.9 Å². The lowest BCUT2D eigenvalue weighted by Crippen LogP contribution is -2.36. The van der Waals surface area contributed by atoms with Crippen LogP contribution in [0.1, 0.15) is 38.2 Å². The van der Waals surface area contributed by atoms with Crippen molar-refractivity contribution in [2.24, 2.45) is 5.10 Å². The Kier molecular flexibility index (Phi) is 9.79. The number of hydrogen-bond donors (Lipinski definition) is 2. The zero-order chi connectivity index (χ0) is 21.1. The number of rotatable bonds is 9. The molecule has 2 N–H and O–H groups in total. The molecular weight excluding hydrogens is 395 g/mol. The second kappa shape index (κ2) is 12.3. The van der Waals surface area contributed by atoms with Gasteiger partial charge >= 0.3 is 5.97 Å². The third kappa shape index (κ3) is 7.94. The Labute approximate surface area is 176 Å². The molecule has 0 aliphatic carbocycles. The molecule has 1 aliphatic heterocycles. The molecule has 2 rings (SSSR count). The number of nitrogens with one attached hydrogen (secondary N) is 2. The maximum Gasteiger partial charge on any atom is 0.305 e.